The molecule has 0 aromatic heterocycles. The first kappa shape index (κ1) is 63.3. The maximum atomic E-state index is 12.5. The molecule has 0 rings (SSSR count). The van der Waals surface area contributed by atoms with Crippen LogP contribution in [0.5, 0.6) is 0 Å². The van der Waals surface area contributed by atoms with E-state index in [0.717, 1.165) is 44.9 Å². The first-order valence-electron chi connectivity index (χ1n) is 29.1. The van der Waals surface area contributed by atoms with Crippen molar-refractivity contribution in [3.8, 4) is 0 Å². The maximum absolute atomic E-state index is 12.5. The van der Waals surface area contributed by atoms with Crippen LogP contribution in [0.2, 0.25) is 0 Å². The lowest BCUT2D eigenvalue weighted by Gasteiger charge is -2.20. The molecule has 0 saturated heterocycles. The molecule has 65 heavy (non-hydrogen) atoms. The summed E-state index contributed by atoms with van der Waals surface area (Å²) in [6, 6.07) is -0.631. The normalized spacial score (nSPS) is 12.7. The number of amides is 1. The molecule has 3 N–H and O–H groups in total. The summed E-state index contributed by atoms with van der Waals surface area (Å²) < 4.78 is 5.47. The summed E-state index contributed by atoms with van der Waals surface area (Å²) in [5, 5.41) is 23.1. The summed E-state index contributed by atoms with van der Waals surface area (Å²) in [5.41, 5.74) is 0. The number of hydrogen-bond acceptors (Lipinski definition) is 5. The van der Waals surface area contributed by atoms with Crippen LogP contribution in [-0.4, -0.2) is 47.4 Å². The van der Waals surface area contributed by atoms with E-state index >= 15 is 0 Å². The summed E-state index contributed by atoms with van der Waals surface area (Å²) in [5.74, 6) is -0.0725. The number of allylic oxidation sites excluding steroid dienone is 3. The van der Waals surface area contributed by atoms with Gasteiger partial charge in [-0.15, -0.1) is 0 Å². The van der Waals surface area contributed by atoms with Gasteiger partial charge in [0.15, 0.2) is 0 Å². The monoisotopic (exact) mass is 916 g/mol. The highest BCUT2D eigenvalue weighted by molar-refractivity contribution is 5.76. The lowest BCUT2D eigenvalue weighted by molar-refractivity contribution is -0.143. The lowest BCUT2D eigenvalue weighted by Crippen LogP contribution is -2.45. The minimum Gasteiger partial charge on any atom is -0.466 e. The van der Waals surface area contributed by atoms with Gasteiger partial charge in [0.05, 0.1) is 25.4 Å². The molecule has 2 atom stereocenters. The zero-order valence-electron chi connectivity index (χ0n) is 43.7. The Balaban J connectivity index is 3.44. The first-order chi connectivity index (χ1) is 32.0. The second-order valence-corrected chi connectivity index (χ2v) is 20.0. The number of ether oxygens (including phenoxy) is 1. The van der Waals surface area contributed by atoms with Crippen molar-refractivity contribution in [2.45, 2.75) is 328 Å². The summed E-state index contributed by atoms with van der Waals surface area (Å²) in [6.07, 6.45) is 66.2. The third kappa shape index (κ3) is 51.6. The molecule has 0 heterocycles. The van der Waals surface area contributed by atoms with Crippen LogP contribution in [0.3, 0.4) is 0 Å². The molecule has 0 saturated carbocycles. The van der Waals surface area contributed by atoms with Crippen molar-refractivity contribution in [2.24, 2.45) is 0 Å². The van der Waals surface area contributed by atoms with Gasteiger partial charge in [-0.25, -0.2) is 0 Å². The van der Waals surface area contributed by atoms with Crippen molar-refractivity contribution in [1.82, 2.24) is 5.32 Å². The van der Waals surface area contributed by atoms with Gasteiger partial charge in [-0.1, -0.05) is 269 Å². The van der Waals surface area contributed by atoms with Gasteiger partial charge in [-0.05, 0) is 57.8 Å². The van der Waals surface area contributed by atoms with Crippen LogP contribution >= 0.6 is 0 Å². The minimum absolute atomic E-state index is 0.00188. The van der Waals surface area contributed by atoms with Gasteiger partial charge in [0.2, 0.25) is 5.91 Å². The molecule has 0 aliphatic carbocycles. The van der Waals surface area contributed by atoms with E-state index in [1.165, 1.54) is 244 Å². The number of rotatable bonds is 54. The van der Waals surface area contributed by atoms with Gasteiger partial charge in [0, 0.05) is 12.8 Å². The Morgan fingerprint density at radius 3 is 1.09 bits per heavy atom. The number of unbranched alkanes of at least 4 members (excludes halogenated alkanes) is 41. The molecule has 0 aromatic rings. The molecule has 0 aliphatic rings. The zero-order valence-corrected chi connectivity index (χ0v) is 43.7. The highest BCUT2D eigenvalue weighted by Gasteiger charge is 2.18. The molecule has 0 bridgehead atoms. The Morgan fingerprint density at radius 1 is 0.415 bits per heavy atom. The van der Waals surface area contributed by atoms with Crippen LogP contribution in [0, 0.1) is 0 Å². The Hall–Kier alpha value is -1.66. The van der Waals surface area contributed by atoms with Crippen LogP contribution in [0.4, 0.5) is 0 Å². The number of nitrogens with one attached hydrogen (secondary N) is 1. The average Bonchev–Trinajstić information content (AvgIpc) is 3.31. The van der Waals surface area contributed by atoms with E-state index in [1.54, 1.807) is 6.08 Å². The fraction of sp³-hybridized carbons (Fsp3) is 0.898. The number of aliphatic hydroxyl groups is 2. The molecule has 0 aromatic carbocycles. The van der Waals surface area contributed by atoms with Gasteiger partial charge in [0.25, 0.3) is 0 Å². The van der Waals surface area contributed by atoms with Gasteiger partial charge in [0.1, 0.15) is 0 Å². The van der Waals surface area contributed by atoms with Crippen molar-refractivity contribution < 1.29 is 24.5 Å². The Kier molecular flexibility index (Phi) is 53.5. The summed E-state index contributed by atoms with van der Waals surface area (Å²) in [6.45, 7) is 4.90. The van der Waals surface area contributed by atoms with E-state index in [0.29, 0.717) is 19.4 Å². The number of carbonyl (C=O) groups excluding carboxylic acids is 2. The molecule has 0 aliphatic heterocycles. The molecule has 384 valence electrons. The molecule has 0 radical (unpaired) electrons. The number of esters is 1. The fourth-order valence-electron chi connectivity index (χ4n) is 8.98. The predicted molar refractivity (Wildman–Crippen MR) is 283 cm³/mol. The molecule has 1 amide bonds. The van der Waals surface area contributed by atoms with Crippen molar-refractivity contribution in [3.63, 3.8) is 0 Å². The van der Waals surface area contributed by atoms with E-state index in [-0.39, 0.29) is 18.5 Å². The molecule has 6 heteroatoms. The van der Waals surface area contributed by atoms with E-state index < -0.39 is 12.1 Å². The Morgan fingerprint density at radius 2 is 0.723 bits per heavy atom. The van der Waals surface area contributed by atoms with Crippen LogP contribution in [0.15, 0.2) is 24.3 Å². The molecular formula is C59H113NO5. The topological polar surface area (TPSA) is 95.9 Å². The number of hydrogen-bond donors (Lipinski definition) is 3. The fourth-order valence-corrected chi connectivity index (χ4v) is 8.98. The second kappa shape index (κ2) is 54.9. The number of aliphatic hydroxyl groups excluding tert-OH is 2. The summed E-state index contributed by atoms with van der Waals surface area (Å²) in [7, 11) is 0. The van der Waals surface area contributed by atoms with Crippen molar-refractivity contribution in [1.29, 1.82) is 0 Å². The van der Waals surface area contributed by atoms with Crippen LogP contribution in [0.25, 0.3) is 0 Å². The summed E-state index contributed by atoms with van der Waals surface area (Å²) >= 11 is 0. The van der Waals surface area contributed by atoms with E-state index in [2.05, 4.69) is 31.3 Å². The highest BCUT2D eigenvalue weighted by atomic mass is 16.5. The summed E-state index contributed by atoms with van der Waals surface area (Å²) in [4.78, 5) is 24.5. The van der Waals surface area contributed by atoms with Crippen LogP contribution < -0.4 is 5.32 Å². The highest BCUT2D eigenvalue weighted by Crippen LogP contribution is 2.17. The van der Waals surface area contributed by atoms with Crippen LogP contribution in [0.1, 0.15) is 316 Å². The molecule has 0 spiro atoms. The molecule has 2 unspecified atom stereocenters. The average molecular weight is 917 g/mol. The molecule has 0 fully saturated rings. The predicted octanol–water partition coefficient (Wildman–Crippen LogP) is 17.9. The van der Waals surface area contributed by atoms with Gasteiger partial charge >= 0.3 is 5.97 Å². The Labute approximate surface area is 405 Å². The van der Waals surface area contributed by atoms with E-state index in [4.69, 9.17) is 4.74 Å². The minimum atomic E-state index is -0.847. The van der Waals surface area contributed by atoms with E-state index in [1.807, 2.05) is 6.08 Å². The quantitative estimate of drug-likeness (QED) is 0.0321. The second-order valence-electron chi connectivity index (χ2n) is 20.0. The third-order valence-corrected chi connectivity index (χ3v) is 13.5. The molecule has 6 nitrogen and oxygen atoms in total. The zero-order chi connectivity index (χ0) is 47.2. The first-order valence-corrected chi connectivity index (χ1v) is 29.1. The Bertz CT molecular complexity index is 1010. The SMILES string of the molecule is CCCCCCC/C=C\CCCCCCCC(=O)OCCCCCCCCCCCCCCCCCCCCC(=O)NC(CO)C(O)/C=C/CCCCCCCCCCCCCCCC. The number of carbonyl (C=O) groups is 2. The van der Waals surface area contributed by atoms with Gasteiger partial charge in [-0.2, -0.15) is 0 Å². The smallest absolute Gasteiger partial charge is 0.305 e. The van der Waals surface area contributed by atoms with Crippen molar-refractivity contribution in [3.05, 3.63) is 24.3 Å². The molecular weight excluding hydrogens is 803 g/mol. The maximum Gasteiger partial charge on any atom is 0.305 e. The lowest BCUT2D eigenvalue weighted by atomic mass is 10.0. The van der Waals surface area contributed by atoms with E-state index in [9.17, 15) is 19.8 Å². The van der Waals surface area contributed by atoms with Crippen molar-refractivity contribution >= 4 is 11.9 Å². The third-order valence-electron chi connectivity index (χ3n) is 13.5. The largest absolute Gasteiger partial charge is 0.466 e. The van der Waals surface area contributed by atoms with Crippen molar-refractivity contribution in [2.75, 3.05) is 13.2 Å². The standard InChI is InChI=1S/C59H113NO5/c1-3-5-7-9-11-13-15-17-19-24-27-31-35-39-43-47-51-57(62)56(55-61)60-58(63)52-48-44-40-36-32-28-25-22-20-21-23-26-30-34-38-42-46-50-54-65-59(64)53-49-45-41-37-33-29-18-16-14-12-10-8-6-4-2/h16,18,47,51,56-57,61-62H,3-15,17,19-46,48-50,52-55H2,1-2H3,(H,60,63)/b18-16-,51-47+. The van der Waals surface area contributed by atoms with Crippen LogP contribution in [-0.2, 0) is 14.3 Å². The van der Waals surface area contributed by atoms with Gasteiger partial charge < -0.3 is 20.3 Å². The van der Waals surface area contributed by atoms with Gasteiger partial charge in [-0.3, -0.25) is 9.59 Å².